The Hall–Kier alpha value is -2.20. The zero-order valence-corrected chi connectivity index (χ0v) is 12.5. The van der Waals surface area contributed by atoms with Gasteiger partial charge in [0.1, 0.15) is 17.3 Å². The van der Waals surface area contributed by atoms with Crippen LogP contribution in [0.25, 0.3) is 22.8 Å². The molecule has 4 nitrogen and oxygen atoms in total. The second-order valence-corrected chi connectivity index (χ2v) is 5.43. The van der Waals surface area contributed by atoms with Gasteiger partial charge in [-0.15, -0.1) is 5.10 Å². The van der Waals surface area contributed by atoms with Gasteiger partial charge in [0.15, 0.2) is 0 Å². The summed E-state index contributed by atoms with van der Waals surface area (Å²) >= 11 is 2.25. The van der Waals surface area contributed by atoms with E-state index >= 15 is 0 Å². The van der Waals surface area contributed by atoms with Gasteiger partial charge < -0.3 is 0 Å². The van der Waals surface area contributed by atoms with Crippen molar-refractivity contribution in [2.75, 3.05) is 0 Å². The molecule has 0 atom stereocenters. The summed E-state index contributed by atoms with van der Waals surface area (Å²) in [6, 6.07) is 17.7. The van der Waals surface area contributed by atoms with E-state index in [2.05, 4.69) is 39.0 Å². The molecule has 20 heavy (non-hydrogen) atoms. The molecule has 0 aliphatic carbocycles. The molecule has 0 fully saturated rings. The maximum atomic E-state index is 9.38. The van der Waals surface area contributed by atoms with Gasteiger partial charge in [-0.2, -0.15) is 5.26 Å². The van der Waals surface area contributed by atoms with Crippen molar-refractivity contribution in [3.63, 3.8) is 0 Å². The summed E-state index contributed by atoms with van der Waals surface area (Å²) in [5.41, 5.74) is 3.01. The maximum absolute atomic E-state index is 9.38. The first-order valence-corrected chi connectivity index (χ1v) is 7.04. The Labute approximate surface area is 129 Å². The van der Waals surface area contributed by atoms with Crippen LogP contribution in [0.4, 0.5) is 0 Å². The van der Waals surface area contributed by atoms with E-state index < -0.39 is 0 Å². The first kappa shape index (κ1) is 12.8. The number of nitriles is 1. The van der Waals surface area contributed by atoms with Crippen LogP contribution in [0.5, 0.6) is 0 Å². The first-order valence-electron chi connectivity index (χ1n) is 5.96. The molecule has 1 aromatic heterocycles. The molecule has 0 spiro atoms. The van der Waals surface area contributed by atoms with Crippen molar-refractivity contribution < 1.29 is 0 Å². The van der Waals surface area contributed by atoms with Crippen LogP contribution < -0.4 is 0 Å². The minimum atomic E-state index is 0.445. The molecule has 0 aliphatic rings. The van der Waals surface area contributed by atoms with Gasteiger partial charge in [-0.1, -0.05) is 29.5 Å². The number of hydrogen-bond acceptors (Lipinski definition) is 3. The zero-order chi connectivity index (χ0) is 13.9. The minimum absolute atomic E-state index is 0.445. The fourth-order valence-corrected chi connectivity index (χ4v) is 2.51. The van der Waals surface area contributed by atoms with E-state index in [4.69, 9.17) is 0 Å². The highest BCUT2D eigenvalue weighted by Gasteiger charge is 2.07. The number of aromatic nitrogens is 3. The van der Waals surface area contributed by atoms with Crippen molar-refractivity contribution in [2.45, 2.75) is 0 Å². The van der Waals surface area contributed by atoms with Crippen LogP contribution >= 0.6 is 22.6 Å². The van der Waals surface area contributed by atoms with E-state index in [1.807, 2.05) is 54.6 Å². The molecule has 0 amide bonds. The molecule has 0 aliphatic heterocycles. The third-order valence-electron chi connectivity index (χ3n) is 2.85. The molecule has 0 unspecified atom stereocenters. The van der Waals surface area contributed by atoms with Crippen molar-refractivity contribution in [1.82, 2.24) is 15.0 Å². The van der Waals surface area contributed by atoms with Gasteiger partial charge in [0, 0.05) is 3.57 Å². The summed E-state index contributed by atoms with van der Waals surface area (Å²) in [6.07, 6.45) is 1.81. The Morgan fingerprint density at radius 2 is 2.05 bits per heavy atom. The fraction of sp³-hybridized carbons (Fsp3) is 0. The van der Waals surface area contributed by atoms with E-state index in [1.165, 1.54) is 0 Å². The molecule has 0 saturated heterocycles. The highest BCUT2D eigenvalue weighted by molar-refractivity contribution is 14.1. The lowest BCUT2D eigenvalue weighted by atomic mass is 10.2. The zero-order valence-electron chi connectivity index (χ0n) is 10.4. The number of hydrogen-bond donors (Lipinski definition) is 0. The molecular weight excluding hydrogens is 363 g/mol. The smallest absolute Gasteiger partial charge is 0.145 e. The number of rotatable bonds is 2. The molecule has 0 N–H and O–H groups in total. The number of allylic oxidation sites excluding steroid dienone is 1. The number of fused-ring (bicyclic) bond motifs is 1. The predicted molar refractivity (Wildman–Crippen MR) is 86.5 cm³/mol. The van der Waals surface area contributed by atoms with Gasteiger partial charge in [-0.05, 0) is 58.5 Å². The summed E-state index contributed by atoms with van der Waals surface area (Å²) in [5, 5.41) is 17.5. The topological polar surface area (TPSA) is 54.5 Å². The number of para-hydroxylation sites is 1. The molecule has 3 aromatic rings. The molecule has 5 heteroatoms. The van der Waals surface area contributed by atoms with Crippen molar-refractivity contribution >= 4 is 45.4 Å². The third-order valence-corrected chi connectivity index (χ3v) is 3.52. The quantitative estimate of drug-likeness (QED) is 0.511. The summed E-state index contributed by atoms with van der Waals surface area (Å²) in [6.45, 7) is 0. The van der Waals surface area contributed by atoms with E-state index in [9.17, 15) is 5.26 Å². The molecule has 96 valence electrons. The van der Waals surface area contributed by atoms with E-state index in [-0.39, 0.29) is 0 Å². The molecular formula is C15H9IN4. The van der Waals surface area contributed by atoms with Crippen LogP contribution in [0.1, 0.15) is 5.56 Å². The molecule has 1 heterocycles. The molecule has 0 bridgehead atoms. The summed E-state index contributed by atoms with van der Waals surface area (Å²) < 4.78 is 2.69. The SMILES string of the molecule is N#C/C(=C\c1cccc(I)c1)n1nnc2ccccc21. The summed E-state index contributed by atoms with van der Waals surface area (Å²) in [5.74, 6) is 0. The van der Waals surface area contributed by atoms with Crippen LogP contribution in [-0.2, 0) is 0 Å². The molecule has 3 rings (SSSR count). The highest BCUT2D eigenvalue weighted by atomic mass is 127. The summed E-state index contributed by atoms with van der Waals surface area (Å²) in [4.78, 5) is 0. The second-order valence-electron chi connectivity index (χ2n) is 4.19. The highest BCUT2D eigenvalue weighted by Crippen LogP contribution is 2.18. The largest absolute Gasteiger partial charge is 0.202 e. The van der Waals surface area contributed by atoms with Crippen molar-refractivity contribution in [2.24, 2.45) is 0 Å². The molecule has 2 aromatic carbocycles. The van der Waals surface area contributed by atoms with Gasteiger partial charge in [-0.25, -0.2) is 4.68 Å². The average Bonchev–Trinajstić information content (AvgIpc) is 2.89. The van der Waals surface area contributed by atoms with Gasteiger partial charge in [-0.3, -0.25) is 0 Å². The van der Waals surface area contributed by atoms with Crippen molar-refractivity contribution in [3.05, 3.63) is 57.7 Å². The Morgan fingerprint density at radius 1 is 1.20 bits per heavy atom. The lowest BCUT2D eigenvalue weighted by Gasteiger charge is -2.00. The minimum Gasteiger partial charge on any atom is -0.202 e. The van der Waals surface area contributed by atoms with E-state index in [1.54, 1.807) is 4.68 Å². The fourth-order valence-electron chi connectivity index (χ4n) is 1.94. The van der Waals surface area contributed by atoms with E-state index in [0.29, 0.717) is 5.70 Å². The van der Waals surface area contributed by atoms with E-state index in [0.717, 1.165) is 20.2 Å². The Morgan fingerprint density at radius 3 is 2.85 bits per heavy atom. The lowest BCUT2D eigenvalue weighted by molar-refractivity contribution is 0.848. The molecule has 0 saturated carbocycles. The van der Waals surface area contributed by atoms with Gasteiger partial charge in [0.25, 0.3) is 0 Å². The predicted octanol–water partition coefficient (Wildman–Crippen LogP) is 3.56. The van der Waals surface area contributed by atoms with Gasteiger partial charge >= 0.3 is 0 Å². The van der Waals surface area contributed by atoms with Crippen LogP contribution in [0.2, 0.25) is 0 Å². The summed E-state index contributed by atoms with van der Waals surface area (Å²) in [7, 11) is 0. The normalized spacial score (nSPS) is 11.5. The first-order chi connectivity index (χ1) is 9.78. The Bertz CT molecular complexity index is 842. The van der Waals surface area contributed by atoms with Crippen LogP contribution in [-0.4, -0.2) is 15.0 Å². The Balaban J connectivity index is 2.13. The monoisotopic (exact) mass is 372 g/mol. The second kappa shape index (κ2) is 5.43. The Kier molecular flexibility index (Phi) is 3.48. The average molecular weight is 372 g/mol. The van der Waals surface area contributed by atoms with Gasteiger partial charge in [0.2, 0.25) is 0 Å². The molecule has 0 radical (unpaired) electrons. The van der Waals surface area contributed by atoms with Crippen LogP contribution in [0, 0.1) is 14.9 Å². The number of halogens is 1. The van der Waals surface area contributed by atoms with Crippen molar-refractivity contribution in [1.29, 1.82) is 5.26 Å². The number of nitrogens with zero attached hydrogens (tertiary/aromatic N) is 4. The van der Waals surface area contributed by atoms with Crippen LogP contribution in [0.3, 0.4) is 0 Å². The number of benzene rings is 2. The maximum Gasteiger partial charge on any atom is 0.145 e. The van der Waals surface area contributed by atoms with Gasteiger partial charge in [0.05, 0.1) is 5.52 Å². The van der Waals surface area contributed by atoms with Crippen LogP contribution in [0.15, 0.2) is 48.5 Å². The third kappa shape index (κ3) is 2.42. The standard InChI is InChI=1S/C15H9IN4/c16-12-5-3-4-11(8-12)9-13(10-17)20-15-7-2-1-6-14(15)18-19-20/h1-9H/b13-9+. The lowest BCUT2D eigenvalue weighted by Crippen LogP contribution is -1.97. The van der Waals surface area contributed by atoms with Crippen molar-refractivity contribution in [3.8, 4) is 6.07 Å².